The highest BCUT2D eigenvalue weighted by Crippen LogP contribution is 2.24. The third-order valence-corrected chi connectivity index (χ3v) is 4.43. The Balaban J connectivity index is 2.39. The second-order valence-electron chi connectivity index (χ2n) is 4.05. The second-order valence-corrected chi connectivity index (χ2v) is 6.37. The molecule has 0 spiro atoms. The summed E-state index contributed by atoms with van der Waals surface area (Å²) in [7, 11) is 0. The maximum Gasteiger partial charge on any atom is 0.304 e. The fourth-order valence-electron chi connectivity index (χ4n) is 1.19. The number of carbonyl (C=O) groups is 1. The first-order valence-corrected chi connectivity index (χ1v) is 7.19. The quantitative estimate of drug-likeness (QED) is 0.851. The van der Waals surface area contributed by atoms with Crippen LogP contribution in [0.3, 0.4) is 0 Å². The maximum atomic E-state index is 10.5. The van der Waals surface area contributed by atoms with Gasteiger partial charge in [0, 0.05) is 22.3 Å². The molecule has 0 bridgehead atoms. The molecule has 0 saturated heterocycles. The zero-order chi connectivity index (χ0) is 12.1. The van der Waals surface area contributed by atoms with Crippen LogP contribution in [0.25, 0.3) is 0 Å². The van der Waals surface area contributed by atoms with Gasteiger partial charge in [-0.15, -0.1) is 11.3 Å². The molecule has 0 aliphatic carbocycles. The maximum absolute atomic E-state index is 10.5. The summed E-state index contributed by atoms with van der Waals surface area (Å²) in [5.74, 6) is 0.541. The van der Waals surface area contributed by atoms with E-state index in [4.69, 9.17) is 5.11 Å². The van der Waals surface area contributed by atoms with Crippen molar-refractivity contribution < 1.29 is 9.90 Å². The zero-order valence-corrected chi connectivity index (χ0v) is 11.4. The average molecular weight is 259 g/mol. The smallest absolute Gasteiger partial charge is 0.304 e. The summed E-state index contributed by atoms with van der Waals surface area (Å²) in [5, 5.41) is 12.0. The van der Waals surface area contributed by atoms with Gasteiger partial charge in [0.25, 0.3) is 0 Å². The van der Waals surface area contributed by atoms with Gasteiger partial charge in [-0.25, -0.2) is 4.98 Å². The van der Waals surface area contributed by atoms with Crippen LogP contribution in [0.1, 0.15) is 43.8 Å². The molecule has 90 valence electrons. The Labute approximate surface area is 104 Å². The fourth-order valence-corrected chi connectivity index (χ4v) is 2.99. The van der Waals surface area contributed by atoms with Crippen molar-refractivity contribution in [2.45, 2.75) is 44.1 Å². The Morgan fingerprint density at radius 2 is 2.25 bits per heavy atom. The Morgan fingerprint density at radius 1 is 1.56 bits per heavy atom. The third kappa shape index (κ3) is 4.53. The zero-order valence-electron chi connectivity index (χ0n) is 9.77. The number of rotatable bonds is 6. The summed E-state index contributed by atoms with van der Waals surface area (Å²) in [6.45, 7) is 6.19. The monoisotopic (exact) mass is 259 g/mol. The normalized spacial score (nSPS) is 13.0. The van der Waals surface area contributed by atoms with E-state index in [-0.39, 0.29) is 11.7 Å². The van der Waals surface area contributed by atoms with Gasteiger partial charge in [-0.1, -0.05) is 20.8 Å². The highest BCUT2D eigenvalue weighted by Gasteiger charge is 2.10. The predicted molar refractivity (Wildman–Crippen MR) is 69.2 cm³/mol. The first kappa shape index (κ1) is 13.5. The Morgan fingerprint density at radius 3 is 2.75 bits per heavy atom. The van der Waals surface area contributed by atoms with Crippen molar-refractivity contribution in [2.24, 2.45) is 0 Å². The molecule has 0 aliphatic rings. The fraction of sp³-hybridized carbons (Fsp3) is 0.636. The predicted octanol–water partition coefficient (Wildman–Crippen LogP) is 3.36. The van der Waals surface area contributed by atoms with E-state index in [1.54, 1.807) is 23.1 Å². The number of carboxylic acid groups (broad SMARTS) is 1. The lowest BCUT2D eigenvalue weighted by molar-refractivity contribution is -0.136. The number of thiazole rings is 1. The van der Waals surface area contributed by atoms with Crippen molar-refractivity contribution in [1.82, 2.24) is 4.98 Å². The number of carboxylic acids is 1. The summed E-state index contributed by atoms with van der Waals surface area (Å²) in [6.07, 6.45) is 0.214. The van der Waals surface area contributed by atoms with E-state index in [1.165, 1.54) is 0 Å². The van der Waals surface area contributed by atoms with Crippen molar-refractivity contribution in [3.8, 4) is 0 Å². The molecule has 1 rings (SSSR count). The van der Waals surface area contributed by atoms with E-state index in [9.17, 15) is 4.79 Å². The van der Waals surface area contributed by atoms with Crippen molar-refractivity contribution in [2.75, 3.05) is 0 Å². The van der Waals surface area contributed by atoms with Gasteiger partial charge in [-0.3, -0.25) is 4.79 Å². The van der Waals surface area contributed by atoms with Gasteiger partial charge in [0.1, 0.15) is 0 Å². The molecule has 0 saturated carbocycles. The number of hydrogen-bond donors (Lipinski definition) is 1. The number of aromatic nitrogens is 1. The molecule has 3 nitrogen and oxygen atoms in total. The van der Waals surface area contributed by atoms with Crippen LogP contribution in [0.5, 0.6) is 0 Å². The molecule has 1 aromatic rings. The van der Waals surface area contributed by atoms with Crippen LogP contribution < -0.4 is 0 Å². The van der Waals surface area contributed by atoms with Gasteiger partial charge in [0.15, 0.2) is 0 Å². The van der Waals surface area contributed by atoms with E-state index in [1.807, 2.05) is 6.92 Å². The molecule has 0 amide bonds. The molecule has 0 aliphatic heterocycles. The molecule has 0 aromatic carbocycles. The summed E-state index contributed by atoms with van der Waals surface area (Å²) in [6, 6.07) is 0. The number of thioether (sulfide) groups is 1. The van der Waals surface area contributed by atoms with E-state index in [0.29, 0.717) is 5.92 Å². The van der Waals surface area contributed by atoms with Gasteiger partial charge in [-0.05, 0) is 0 Å². The van der Waals surface area contributed by atoms with E-state index in [2.05, 4.69) is 24.2 Å². The van der Waals surface area contributed by atoms with E-state index in [0.717, 1.165) is 16.5 Å². The standard InChI is InChI=1S/C11H17NO2S2/c1-7(2)11-12-9(6-16-11)5-15-8(3)4-10(13)14/h6-8H,4-5H2,1-3H3,(H,13,14). The summed E-state index contributed by atoms with van der Waals surface area (Å²) >= 11 is 3.33. The first-order chi connectivity index (χ1) is 7.49. The lowest BCUT2D eigenvalue weighted by atomic mass is 10.2. The first-order valence-electron chi connectivity index (χ1n) is 5.26. The highest BCUT2D eigenvalue weighted by atomic mass is 32.2. The largest absolute Gasteiger partial charge is 0.481 e. The van der Waals surface area contributed by atoms with Gasteiger partial charge < -0.3 is 5.11 Å². The third-order valence-electron chi connectivity index (χ3n) is 2.04. The van der Waals surface area contributed by atoms with E-state index < -0.39 is 5.97 Å². The molecular formula is C11H17NO2S2. The summed E-state index contributed by atoms with van der Waals surface area (Å²) < 4.78 is 0. The van der Waals surface area contributed by atoms with Crippen molar-refractivity contribution >= 4 is 29.1 Å². The molecule has 1 heterocycles. The highest BCUT2D eigenvalue weighted by molar-refractivity contribution is 7.99. The lowest BCUT2D eigenvalue weighted by Crippen LogP contribution is -2.05. The molecule has 0 fully saturated rings. The van der Waals surface area contributed by atoms with Crippen molar-refractivity contribution in [3.63, 3.8) is 0 Å². The average Bonchev–Trinajstić information content (AvgIpc) is 2.61. The van der Waals surface area contributed by atoms with Crippen LogP contribution in [0.15, 0.2) is 5.38 Å². The number of hydrogen-bond acceptors (Lipinski definition) is 4. The minimum atomic E-state index is -0.735. The Bertz CT molecular complexity index is 350. The molecule has 1 N–H and O–H groups in total. The molecule has 1 unspecified atom stereocenters. The summed E-state index contributed by atoms with van der Waals surface area (Å²) in [5.41, 5.74) is 1.07. The Hall–Kier alpha value is -0.550. The Kier molecular flexibility index (Phi) is 5.28. The van der Waals surface area contributed by atoms with Crippen LogP contribution in [-0.4, -0.2) is 21.3 Å². The topological polar surface area (TPSA) is 50.2 Å². The van der Waals surface area contributed by atoms with Gasteiger partial charge in [0.05, 0.1) is 17.1 Å². The molecule has 1 atom stereocenters. The van der Waals surface area contributed by atoms with Crippen molar-refractivity contribution in [3.05, 3.63) is 16.1 Å². The van der Waals surface area contributed by atoms with Gasteiger partial charge in [0.2, 0.25) is 0 Å². The lowest BCUT2D eigenvalue weighted by Gasteiger charge is -2.06. The van der Waals surface area contributed by atoms with Gasteiger partial charge >= 0.3 is 5.97 Å². The number of nitrogens with zero attached hydrogens (tertiary/aromatic N) is 1. The molecule has 5 heteroatoms. The van der Waals surface area contributed by atoms with Crippen LogP contribution >= 0.6 is 23.1 Å². The molecular weight excluding hydrogens is 242 g/mol. The van der Waals surface area contributed by atoms with Crippen LogP contribution in [0.4, 0.5) is 0 Å². The van der Waals surface area contributed by atoms with Gasteiger partial charge in [-0.2, -0.15) is 11.8 Å². The summed E-state index contributed by atoms with van der Waals surface area (Å²) in [4.78, 5) is 15.0. The van der Waals surface area contributed by atoms with Crippen LogP contribution in [0, 0.1) is 0 Å². The minimum absolute atomic E-state index is 0.140. The number of aliphatic carboxylic acids is 1. The molecule has 1 aromatic heterocycles. The second kappa shape index (κ2) is 6.25. The SMILES string of the molecule is CC(CC(=O)O)SCc1csc(C(C)C)n1. The minimum Gasteiger partial charge on any atom is -0.481 e. The molecule has 16 heavy (non-hydrogen) atoms. The molecule has 0 radical (unpaired) electrons. The van der Waals surface area contributed by atoms with Crippen LogP contribution in [-0.2, 0) is 10.5 Å². The van der Waals surface area contributed by atoms with Crippen LogP contribution in [0.2, 0.25) is 0 Å². The van der Waals surface area contributed by atoms with Crippen molar-refractivity contribution in [1.29, 1.82) is 0 Å². The van der Waals surface area contributed by atoms with E-state index >= 15 is 0 Å².